The second-order valence-electron chi connectivity index (χ2n) is 2.98. The molecule has 1 aliphatic heterocycles. The van der Waals surface area contributed by atoms with Gasteiger partial charge in [0.15, 0.2) is 0 Å². The fraction of sp³-hybridized carbons (Fsp3) is 0.571. The van der Waals surface area contributed by atoms with Gasteiger partial charge in [-0.1, -0.05) is 0 Å². The highest BCUT2D eigenvalue weighted by molar-refractivity contribution is 5.81. The van der Waals surface area contributed by atoms with E-state index in [1.54, 1.807) is 6.33 Å². The minimum atomic E-state index is -0.302. The maximum absolute atomic E-state index is 11.0. The maximum Gasteiger partial charge on any atom is 0.228 e. The summed E-state index contributed by atoms with van der Waals surface area (Å²) in [6.07, 6.45) is 3.41. The number of fused-ring (bicyclic) bond motifs is 1. The topological polar surface area (TPSA) is 73.8 Å². The molecule has 0 saturated heterocycles. The van der Waals surface area contributed by atoms with Crippen molar-refractivity contribution in [2.24, 2.45) is 5.73 Å². The van der Waals surface area contributed by atoms with Crippen LogP contribution in [-0.2, 0) is 11.3 Å². The van der Waals surface area contributed by atoms with Gasteiger partial charge in [0.2, 0.25) is 5.91 Å². The van der Waals surface area contributed by atoms with Crippen LogP contribution in [0, 0.1) is 0 Å². The molecular formula is C7H10N4O. The van der Waals surface area contributed by atoms with Crippen molar-refractivity contribution in [2.45, 2.75) is 25.3 Å². The summed E-state index contributed by atoms with van der Waals surface area (Å²) in [7, 11) is 0. The van der Waals surface area contributed by atoms with Crippen LogP contribution in [0.5, 0.6) is 0 Å². The first-order valence-corrected chi connectivity index (χ1v) is 3.96. The quantitative estimate of drug-likeness (QED) is 0.619. The van der Waals surface area contributed by atoms with E-state index in [2.05, 4.69) is 10.2 Å². The predicted octanol–water partition coefficient (Wildman–Crippen LogP) is -0.359. The molecule has 1 unspecified atom stereocenters. The van der Waals surface area contributed by atoms with Gasteiger partial charge in [-0.3, -0.25) is 4.79 Å². The van der Waals surface area contributed by atoms with Gasteiger partial charge < -0.3 is 10.3 Å². The molecule has 0 aromatic carbocycles. The van der Waals surface area contributed by atoms with E-state index in [0.717, 1.165) is 19.4 Å². The number of aryl methyl sites for hydroxylation is 1. The minimum absolute atomic E-state index is 0.235. The molecule has 2 heterocycles. The van der Waals surface area contributed by atoms with Gasteiger partial charge >= 0.3 is 0 Å². The summed E-state index contributed by atoms with van der Waals surface area (Å²) in [5, 5.41) is 7.61. The van der Waals surface area contributed by atoms with Gasteiger partial charge in [0.05, 0.1) is 5.92 Å². The highest BCUT2D eigenvalue weighted by Gasteiger charge is 2.26. The molecule has 1 amide bonds. The molecular weight excluding hydrogens is 156 g/mol. The second kappa shape index (κ2) is 2.58. The Morgan fingerprint density at radius 2 is 2.58 bits per heavy atom. The number of carbonyl (C=O) groups excluding carboxylic acids is 1. The molecule has 2 rings (SSSR count). The lowest BCUT2D eigenvalue weighted by Crippen LogP contribution is -2.27. The zero-order chi connectivity index (χ0) is 8.55. The molecule has 1 aromatic heterocycles. The normalized spacial score (nSPS) is 21.8. The van der Waals surface area contributed by atoms with Crippen LogP contribution in [0.1, 0.15) is 24.6 Å². The number of hydrogen-bond acceptors (Lipinski definition) is 3. The molecule has 0 saturated carbocycles. The molecule has 2 N–H and O–H groups in total. The first-order chi connectivity index (χ1) is 5.79. The standard InChI is InChI=1S/C7H10N4O/c8-6(12)5-2-1-3-11-4-9-10-7(5)11/h4-5H,1-3H2,(H2,8,12). The van der Waals surface area contributed by atoms with Gasteiger partial charge in [-0.05, 0) is 12.8 Å². The number of nitrogens with two attached hydrogens (primary N) is 1. The Hall–Kier alpha value is -1.39. The number of hydrogen-bond donors (Lipinski definition) is 1. The van der Waals surface area contributed by atoms with Crippen molar-refractivity contribution in [3.8, 4) is 0 Å². The first-order valence-electron chi connectivity index (χ1n) is 3.96. The minimum Gasteiger partial charge on any atom is -0.369 e. The van der Waals surface area contributed by atoms with Crippen molar-refractivity contribution in [1.29, 1.82) is 0 Å². The van der Waals surface area contributed by atoms with E-state index in [1.807, 2.05) is 4.57 Å². The Kier molecular flexibility index (Phi) is 1.56. The number of carbonyl (C=O) groups is 1. The monoisotopic (exact) mass is 166 g/mol. The summed E-state index contributed by atoms with van der Waals surface area (Å²) in [4.78, 5) is 11.0. The molecule has 0 radical (unpaired) electrons. The molecule has 12 heavy (non-hydrogen) atoms. The Morgan fingerprint density at radius 3 is 3.33 bits per heavy atom. The lowest BCUT2D eigenvalue weighted by atomic mass is 9.98. The van der Waals surface area contributed by atoms with Crippen LogP contribution in [0.2, 0.25) is 0 Å². The van der Waals surface area contributed by atoms with Crippen LogP contribution >= 0.6 is 0 Å². The Bertz CT molecular complexity index is 306. The number of primary amides is 1. The second-order valence-corrected chi connectivity index (χ2v) is 2.98. The molecule has 1 atom stereocenters. The number of nitrogens with zero attached hydrogens (tertiary/aromatic N) is 3. The number of aromatic nitrogens is 3. The summed E-state index contributed by atoms with van der Waals surface area (Å²) in [6.45, 7) is 0.895. The third kappa shape index (κ3) is 0.975. The summed E-state index contributed by atoms with van der Waals surface area (Å²) in [5.41, 5.74) is 5.22. The third-order valence-corrected chi connectivity index (χ3v) is 2.19. The maximum atomic E-state index is 11.0. The van der Waals surface area contributed by atoms with Gasteiger partial charge in [-0.15, -0.1) is 10.2 Å². The van der Waals surface area contributed by atoms with Crippen LogP contribution in [0.15, 0.2) is 6.33 Å². The molecule has 64 valence electrons. The summed E-state index contributed by atoms with van der Waals surface area (Å²) >= 11 is 0. The third-order valence-electron chi connectivity index (χ3n) is 2.19. The van der Waals surface area contributed by atoms with Crippen molar-refractivity contribution in [3.63, 3.8) is 0 Å². The molecule has 0 aliphatic carbocycles. The van der Waals surface area contributed by atoms with Crippen molar-refractivity contribution >= 4 is 5.91 Å². The van der Waals surface area contributed by atoms with Crippen LogP contribution in [0.4, 0.5) is 0 Å². The van der Waals surface area contributed by atoms with E-state index in [4.69, 9.17) is 5.73 Å². The van der Waals surface area contributed by atoms with Crippen molar-refractivity contribution in [2.75, 3.05) is 0 Å². The number of rotatable bonds is 1. The molecule has 5 heteroatoms. The largest absolute Gasteiger partial charge is 0.369 e. The van der Waals surface area contributed by atoms with E-state index in [9.17, 15) is 4.79 Å². The van der Waals surface area contributed by atoms with E-state index in [0.29, 0.717) is 5.82 Å². The van der Waals surface area contributed by atoms with Gasteiger partial charge in [-0.2, -0.15) is 0 Å². The van der Waals surface area contributed by atoms with Gasteiger partial charge in [0.1, 0.15) is 12.2 Å². The summed E-state index contributed by atoms with van der Waals surface area (Å²) in [6, 6.07) is 0. The van der Waals surface area contributed by atoms with Gasteiger partial charge in [-0.25, -0.2) is 0 Å². The summed E-state index contributed by atoms with van der Waals surface area (Å²) in [5.74, 6) is 0.180. The molecule has 0 bridgehead atoms. The lowest BCUT2D eigenvalue weighted by molar-refractivity contribution is -0.120. The lowest BCUT2D eigenvalue weighted by Gasteiger charge is -2.19. The number of amides is 1. The first kappa shape index (κ1) is 7.27. The van der Waals surface area contributed by atoms with E-state index in [-0.39, 0.29) is 11.8 Å². The highest BCUT2D eigenvalue weighted by Crippen LogP contribution is 2.23. The smallest absolute Gasteiger partial charge is 0.228 e. The van der Waals surface area contributed by atoms with Crippen LogP contribution in [0.25, 0.3) is 0 Å². The Labute approximate surface area is 69.6 Å². The molecule has 5 nitrogen and oxygen atoms in total. The van der Waals surface area contributed by atoms with E-state index in [1.165, 1.54) is 0 Å². The zero-order valence-corrected chi connectivity index (χ0v) is 6.60. The van der Waals surface area contributed by atoms with Crippen LogP contribution in [-0.4, -0.2) is 20.7 Å². The zero-order valence-electron chi connectivity index (χ0n) is 6.60. The average molecular weight is 166 g/mol. The fourth-order valence-electron chi connectivity index (χ4n) is 1.57. The molecule has 0 fully saturated rings. The van der Waals surface area contributed by atoms with Gasteiger partial charge in [0.25, 0.3) is 0 Å². The van der Waals surface area contributed by atoms with E-state index < -0.39 is 0 Å². The SMILES string of the molecule is NC(=O)C1CCCn2cnnc21. The van der Waals surface area contributed by atoms with E-state index >= 15 is 0 Å². The van der Waals surface area contributed by atoms with Crippen molar-refractivity contribution in [1.82, 2.24) is 14.8 Å². The van der Waals surface area contributed by atoms with Gasteiger partial charge in [0, 0.05) is 6.54 Å². The highest BCUT2D eigenvalue weighted by atomic mass is 16.1. The Balaban J connectivity index is 2.37. The molecule has 1 aliphatic rings. The Morgan fingerprint density at radius 1 is 1.75 bits per heavy atom. The van der Waals surface area contributed by atoms with Crippen LogP contribution in [0.3, 0.4) is 0 Å². The summed E-state index contributed by atoms with van der Waals surface area (Å²) < 4.78 is 1.89. The molecule has 0 spiro atoms. The average Bonchev–Trinajstić information content (AvgIpc) is 2.49. The van der Waals surface area contributed by atoms with Crippen LogP contribution < -0.4 is 5.73 Å². The van der Waals surface area contributed by atoms with Crippen molar-refractivity contribution in [3.05, 3.63) is 12.2 Å². The fourth-order valence-corrected chi connectivity index (χ4v) is 1.57. The van der Waals surface area contributed by atoms with Crippen molar-refractivity contribution < 1.29 is 4.79 Å². The molecule has 1 aromatic rings. The predicted molar refractivity (Wildman–Crippen MR) is 41.2 cm³/mol.